The van der Waals surface area contributed by atoms with Gasteiger partial charge in [-0.05, 0) is 55.7 Å². The average Bonchev–Trinajstić information content (AvgIpc) is 3.53. The van der Waals surface area contributed by atoms with Crippen LogP contribution < -0.4 is 15.4 Å². The molecule has 0 radical (unpaired) electrons. The minimum Gasteiger partial charge on any atom is -0.482 e. The van der Waals surface area contributed by atoms with Gasteiger partial charge in [-0.3, -0.25) is 19.2 Å². The van der Waals surface area contributed by atoms with Crippen LogP contribution in [-0.2, 0) is 19.2 Å². The lowest BCUT2D eigenvalue weighted by molar-refractivity contribution is -0.142. The Morgan fingerprint density at radius 3 is 2.71 bits per heavy atom. The molecule has 2 saturated heterocycles. The molecule has 2 heterocycles. The van der Waals surface area contributed by atoms with Crippen LogP contribution in [0, 0.1) is 17.8 Å². The maximum atomic E-state index is 13.4. The Morgan fingerprint density at radius 1 is 1.23 bits per heavy atom. The van der Waals surface area contributed by atoms with Gasteiger partial charge >= 0.3 is 0 Å². The van der Waals surface area contributed by atoms with Crippen molar-refractivity contribution in [1.29, 1.82) is 0 Å². The SMILES string of the molecule is O=C1NCC[C@H]1C[C@H](NC(=O)[C@@H]1[C@H]2CCC[C@H]2CN1C(=O)COc1ccc(Cl)cc1Cl)C(=O)CF. The number of alkyl halides is 1. The van der Waals surface area contributed by atoms with Crippen LogP contribution in [0.1, 0.15) is 32.1 Å². The lowest BCUT2D eigenvalue weighted by atomic mass is 9.92. The molecule has 2 N–H and O–H groups in total. The number of rotatable bonds is 9. The van der Waals surface area contributed by atoms with Gasteiger partial charge in [0.1, 0.15) is 18.5 Å². The van der Waals surface area contributed by atoms with Crippen molar-refractivity contribution in [3.8, 4) is 5.75 Å². The van der Waals surface area contributed by atoms with Crippen LogP contribution in [0.15, 0.2) is 18.2 Å². The van der Waals surface area contributed by atoms with Gasteiger partial charge in [-0.15, -0.1) is 0 Å². The Kier molecular flexibility index (Phi) is 8.16. The van der Waals surface area contributed by atoms with Crippen molar-refractivity contribution >= 4 is 46.7 Å². The first-order chi connectivity index (χ1) is 16.8. The summed E-state index contributed by atoms with van der Waals surface area (Å²) in [6.07, 6.45) is 3.19. The zero-order valence-electron chi connectivity index (χ0n) is 19.1. The molecule has 5 atom stereocenters. The molecular formula is C24H28Cl2FN3O5. The van der Waals surface area contributed by atoms with Crippen LogP contribution in [0.2, 0.25) is 10.0 Å². The van der Waals surface area contributed by atoms with E-state index in [2.05, 4.69) is 10.6 Å². The summed E-state index contributed by atoms with van der Waals surface area (Å²) in [5.41, 5.74) is 0. The highest BCUT2D eigenvalue weighted by molar-refractivity contribution is 6.35. The molecule has 0 unspecified atom stereocenters. The number of carbonyl (C=O) groups excluding carboxylic acids is 4. The molecule has 8 nitrogen and oxygen atoms in total. The number of ether oxygens (including phenoxy) is 1. The van der Waals surface area contributed by atoms with E-state index in [1.54, 1.807) is 12.1 Å². The molecular weight excluding hydrogens is 500 g/mol. The third kappa shape index (κ3) is 5.72. The van der Waals surface area contributed by atoms with Gasteiger partial charge in [0.25, 0.3) is 5.91 Å². The van der Waals surface area contributed by atoms with Gasteiger partial charge in [-0.2, -0.15) is 0 Å². The molecule has 1 saturated carbocycles. The molecule has 1 aromatic carbocycles. The Hall–Kier alpha value is -2.39. The molecule has 0 aromatic heterocycles. The van der Waals surface area contributed by atoms with E-state index in [-0.39, 0.29) is 41.7 Å². The lowest BCUT2D eigenvalue weighted by Crippen LogP contribution is -2.54. The van der Waals surface area contributed by atoms with Gasteiger partial charge in [0.15, 0.2) is 12.4 Å². The summed E-state index contributed by atoms with van der Waals surface area (Å²) in [5.74, 6) is -1.91. The lowest BCUT2D eigenvalue weighted by Gasteiger charge is -2.29. The van der Waals surface area contributed by atoms with Crippen molar-refractivity contribution < 1.29 is 28.3 Å². The van der Waals surface area contributed by atoms with Crippen LogP contribution in [-0.4, -0.2) is 66.9 Å². The summed E-state index contributed by atoms with van der Waals surface area (Å²) in [7, 11) is 0. The van der Waals surface area contributed by atoms with Crippen molar-refractivity contribution in [2.24, 2.45) is 17.8 Å². The predicted octanol–water partition coefficient (Wildman–Crippen LogP) is 2.55. The second kappa shape index (κ2) is 11.1. The van der Waals surface area contributed by atoms with Crippen molar-refractivity contribution in [3.63, 3.8) is 0 Å². The first-order valence-corrected chi connectivity index (χ1v) is 12.6. The van der Waals surface area contributed by atoms with Gasteiger partial charge in [0.05, 0.1) is 11.1 Å². The molecule has 3 aliphatic rings. The summed E-state index contributed by atoms with van der Waals surface area (Å²) < 4.78 is 18.9. The molecule has 1 aliphatic carbocycles. The molecule has 0 bridgehead atoms. The van der Waals surface area contributed by atoms with Gasteiger partial charge in [-0.25, -0.2) is 4.39 Å². The normalized spacial score (nSPS) is 26.3. The van der Waals surface area contributed by atoms with Gasteiger partial charge in [0, 0.05) is 24.0 Å². The molecule has 4 rings (SSSR count). The molecule has 2 aliphatic heterocycles. The van der Waals surface area contributed by atoms with Crippen LogP contribution in [0.25, 0.3) is 0 Å². The Balaban J connectivity index is 1.46. The van der Waals surface area contributed by atoms with Crippen LogP contribution in [0.5, 0.6) is 5.75 Å². The van der Waals surface area contributed by atoms with Crippen LogP contribution >= 0.6 is 23.2 Å². The fourth-order valence-corrected chi connectivity index (χ4v) is 5.95. The molecule has 1 aromatic rings. The van der Waals surface area contributed by atoms with E-state index < -0.39 is 36.4 Å². The number of benzene rings is 1. The largest absolute Gasteiger partial charge is 0.482 e. The van der Waals surface area contributed by atoms with Crippen LogP contribution in [0.4, 0.5) is 4.39 Å². The maximum Gasteiger partial charge on any atom is 0.261 e. The van der Waals surface area contributed by atoms with Gasteiger partial charge < -0.3 is 20.3 Å². The Morgan fingerprint density at radius 2 is 2.03 bits per heavy atom. The van der Waals surface area contributed by atoms with E-state index in [1.165, 1.54) is 11.0 Å². The fraction of sp³-hybridized carbons (Fsp3) is 0.583. The smallest absolute Gasteiger partial charge is 0.261 e. The van der Waals surface area contributed by atoms with Crippen molar-refractivity contribution in [2.75, 3.05) is 26.4 Å². The van der Waals surface area contributed by atoms with Crippen molar-refractivity contribution in [2.45, 2.75) is 44.2 Å². The number of halogens is 3. The molecule has 3 amide bonds. The summed E-state index contributed by atoms with van der Waals surface area (Å²) >= 11 is 12.0. The van der Waals surface area contributed by atoms with E-state index in [0.717, 1.165) is 19.3 Å². The number of carbonyl (C=O) groups is 4. The number of ketones is 1. The molecule has 11 heteroatoms. The number of fused-ring (bicyclic) bond motifs is 1. The zero-order chi connectivity index (χ0) is 25.1. The van der Waals surface area contributed by atoms with E-state index in [4.69, 9.17) is 27.9 Å². The topological polar surface area (TPSA) is 105 Å². The highest BCUT2D eigenvalue weighted by Crippen LogP contribution is 2.42. The number of likely N-dealkylation sites (tertiary alicyclic amines) is 1. The summed E-state index contributed by atoms with van der Waals surface area (Å²) in [6, 6.07) is 2.75. The van der Waals surface area contributed by atoms with E-state index in [9.17, 15) is 23.6 Å². The summed E-state index contributed by atoms with van der Waals surface area (Å²) in [4.78, 5) is 52.2. The van der Waals surface area contributed by atoms with Gasteiger partial charge in [0.2, 0.25) is 11.8 Å². The van der Waals surface area contributed by atoms with Crippen molar-refractivity contribution in [3.05, 3.63) is 28.2 Å². The number of hydrogen-bond acceptors (Lipinski definition) is 5. The Bertz CT molecular complexity index is 1010. The number of amides is 3. The third-order valence-electron chi connectivity index (χ3n) is 7.24. The Labute approximate surface area is 212 Å². The second-order valence-corrected chi connectivity index (χ2v) is 10.2. The summed E-state index contributed by atoms with van der Waals surface area (Å²) in [6.45, 7) is -0.666. The molecule has 3 fully saturated rings. The molecule has 190 valence electrons. The fourth-order valence-electron chi connectivity index (χ4n) is 5.49. The maximum absolute atomic E-state index is 13.4. The number of hydrogen-bond donors (Lipinski definition) is 2. The second-order valence-electron chi connectivity index (χ2n) is 9.38. The van der Waals surface area contributed by atoms with Crippen LogP contribution in [0.3, 0.4) is 0 Å². The minimum absolute atomic E-state index is 0.0350. The minimum atomic E-state index is -1.24. The zero-order valence-corrected chi connectivity index (χ0v) is 20.6. The monoisotopic (exact) mass is 527 g/mol. The summed E-state index contributed by atoms with van der Waals surface area (Å²) in [5, 5.41) is 6.05. The van der Waals surface area contributed by atoms with E-state index in [0.29, 0.717) is 30.3 Å². The highest BCUT2D eigenvalue weighted by atomic mass is 35.5. The number of Topliss-reactive ketones (excluding diaryl/α,β-unsaturated/α-hetero) is 1. The first-order valence-electron chi connectivity index (χ1n) is 11.8. The third-order valence-corrected chi connectivity index (χ3v) is 7.77. The van der Waals surface area contributed by atoms with E-state index in [1.807, 2.05) is 0 Å². The molecule has 35 heavy (non-hydrogen) atoms. The standard InChI is InChI=1S/C24H28Cl2FN3O5/c25-15-4-5-20(17(26)9-15)35-12-21(32)30-11-14-2-1-3-16(14)22(30)24(34)29-18(19(31)10-27)8-13-6-7-28-23(13)33/h4-5,9,13-14,16,18,22H,1-3,6-8,10-12H2,(H,28,33)(H,29,34)/t13-,14-,16-,18-,22-/m0/s1. The number of nitrogens with zero attached hydrogens (tertiary/aromatic N) is 1. The van der Waals surface area contributed by atoms with E-state index >= 15 is 0 Å². The number of nitrogens with one attached hydrogen (secondary N) is 2. The first kappa shape index (κ1) is 25.7. The average molecular weight is 528 g/mol. The quantitative estimate of drug-likeness (QED) is 0.513. The predicted molar refractivity (Wildman–Crippen MR) is 127 cm³/mol. The molecule has 0 spiro atoms. The highest BCUT2D eigenvalue weighted by Gasteiger charge is 2.50. The van der Waals surface area contributed by atoms with Gasteiger partial charge in [-0.1, -0.05) is 29.6 Å². The van der Waals surface area contributed by atoms with Crippen molar-refractivity contribution in [1.82, 2.24) is 15.5 Å².